The van der Waals surface area contributed by atoms with Gasteiger partial charge >= 0.3 is 0 Å². The average Bonchev–Trinajstić information content (AvgIpc) is 3.08. The Bertz CT molecular complexity index is 817. The number of β-amino-alcohol motifs (C(OH)–C–C–N with tert-alkyl or cyclic N) is 1. The van der Waals surface area contributed by atoms with Crippen LogP contribution in [-0.2, 0) is 6.54 Å². The summed E-state index contributed by atoms with van der Waals surface area (Å²) in [6.45, 7) is 4.78. The van der Waals surface area contributed by atoms with Crippen LogP contribution in [0.5, 0.6) is 0 Å². The molecule has 4 nitrogen and oxygen atoms in total. The molecule has 0 spiro atoms. The van der Waals surface area contributed by atoms with Gasteiger partial charge in [0.1, 0.15) is 5.82 Å². The van der Waals surface area contributed by atoms with Crippen LogP contribution in [0.1, 0.15) is 24.8 Å². The van der Waals surface area contributed by atoms with Crippen LogP contribution in [0.15, 0.2) is 29.1 Å². The van der Waals surface area contributed by atoms with E-state index < -0.39 is 0 Å². The van der Waals surface area contributed by atoms with E-state index in [1.807, 2.05) is 0 Å². The first-order valence-electron chi connectivity index (χ1n) is 8.31. The summed E-state index contributed by atoms with van der Waals surface area (Å²) in [6.07, 6.45) is 0.651. The van der Waals surface area contributed by atoms with Crippen molar-refractivity contribution in [1.29, 1.82) is 0 Å². The summed E-state index contributed by atoms with van der Waals surface area (Å²) in [4.78, 5) is 14.3. The van der Waals surface area contributed by atoms with E-state index in [4.69, 9.17) is 0 Å². The number of aromatic nitrogens is 1. The third-order valence-electron chi connectivity index (χ3n) is 5.43. The first kappa shape index (κ1) is 14.8. The zero-order valence-electron chi connectivity index (χ0n) is 13.2. The SMILES string of the molecule is CCC1CN(CC2Cn3c(=O)ccc4ccc(F)c2c43)CC1O. The molecule has 0 saturated carbocycles. The maximum Gasteiger partial charge on any atom is 0.251 e. The number of hydrogen-bond donors (Lipinski definition) is 1. The molecule has 4 rings (SSSR count). The first-order chi connectivity index (χ1) is 11.1. The Kier molecular flexibility index (Phi) is 3.50. The number of benzene rings is 1. The number of aliphatic hydroxyl groups is 1. The Morgan fingerprint density at radius 2 is 2.00 bits per heavy atom. The third kappa shape index (κ3) is 2.30. The number of rotatable bonds is 3. The molecule has 1 N–H and O–H groups in total. The van der Waals surface area contributed by atoms with Crippen LogP contribution in [0.2, 0.25) is 0 Å². The first-order valence-corrected chi connectivity index (χ1v) is 8.31. The Hall–Kier alpha value is -1.72. The van der Waals surface area contributed by atoms with Gasteiger partial charge in [-0.2, -0.15) is 0 Å². The van der Waals surface area contributed by atoms with Gasteiger partial charge < -0.3 is 9.67 Å². The summed E-state index contributed by atoms with van der Waals surface area (Å²) < 4.78 is 16.1. The van der Waals surface area contributed by atoms with E-state index in [-0.39, 0.29) is 23.4 Å². The van der Waals surface area contributed by atoms with Crippen LogP contribution in [0, 0.1) is 11.7 Å². The van der Waals surface area contributed by atoms with E-state index in [1.54, 1.807) is 22.8 Å². The summed E-state index contributed by atoms with van der Waals surface area (Å²) in [6, 6.07) is 6.56. The second-order valence-corrected chi connectivity index (χ2v) is 6.83. The fourth-order valence-electron chi connectivity index (χ4n) is 4.23. The van der Waals surface area contributed by atoms with Crippen molar-refractivity contribution < 1.29 is 9.50 Å². The minimum atomic E-state index is -0.299. The van der Waals surface area contributed by atoms with E-state index in [1.165, 1.54) is 6.07 Å². The van der Waals surface area contributed by atoms with Crippen LogP contribution in [-0.4, -0.2) is 40.3 Å². The third-order valence-corrected chi connectivity index (χ3v) is 5.43. The Morgan fingerprint density at radius 3 is 2.74 bits per heavy atom. The summed E-state index contributed by atoms with van der Waals surface area (Å²) in [5.74, 6) is 0.0323. The standard InChI is InChI=1S/C18H21FN2O2/c1-2-11-7-20(10-15(11)22)8-13-9-21-16(23)6-4-12-3-5-14(19)17(13)18(12)21/h3-6,11,13,15,22H,2,7-10H2,1H3. The van der Waals surface area contributed by atoms with Gasteiger partial charge in [0.25, 0.3) is 5.56 Å². The lowest BCUT2D eigenvalue weighted by Gasteiger charge is -2.20. The van der Waals surface area contributed by atoms with Gasteiger partial charge in [0.2, 0.25) is 0 Å². The predicted octanol–water partition coefficient (Wildman–Crippen LogP) is 1.94. The van der Waals surface area contributed by atoms with E-state index in [9.17, 15) is 14.3 Å². The van der Waals surface area contributed by atoms with E-state index in [0.29, 0.717) is 31.1 Å². The van der Waals surface area contributed by atoms with Crippen molar-refractivity contribution in [3.63, 3.8) is 0 Å². The van der Waals surface area contributed by atoms with Gasteiger partial charge in [-0.25, -0.2) is 4.39 Å². The largest absolute Gasteiger partial charge is 0.391 e. The molecule has 23 heavy (non-hydrogen) atoms. The lowest BCUT2D eigenvalue weighted by atomic mass is 9.98. The maximum absolute atomic E-state index is 14.4. The van der Waals surface area contributed by atoms with Crippen molar-refractivity contribution in [2.75, 3.05) is 19.6 Å². The van der Waals surface area contributed by atoms with Crippen molar-refractivity contribution in [1.82, 2.24) is 9.47 Å². The molecule has 3 unspecified atom stereocenters. The fourth-order valence-corrected chi connectivity index (χ4v) is 4.23. The number of likely N-dealkylation sites (tertiary alicyclic amines) is 1. The number of halogens is 1. The summed E-state index contributed by atoms with van der Waals surface area (Å²) in [7, 11) is 0. The molecule has 0 bridgehead atoms. The zero-order valence-corrected chi connectivity index (χ0v) is 13.2. The van der Waals surface area contributed by atoms with Gasteiger partial charge in [-0.3, -0.25) is 9.69 Å². The van der Waals surface area contributed by atoms with Gasteiger partial charge in [-0.15, -0.1) is 0 Å². The molecule has 1 aromatic carbocycles. The fraction of sp³-hybridized carbons (Fsp3) is 0.500. The summed E-state index contributed by atoms with van der Waals surface area (Å²) in [5, 5.41) is 11.0. The molecule has 2 aliphatic rings. The highest BCUT2D eigenvalue weighted by Gasteiger charge is 2.35. The molecule has 1 saturated heterocycles. The molecule has 1 fully saturated rings. The Balaban J connectivity index is 1.68. The van der Waals surface area contributed by atoms with Crippen molar-refractivity contribution in [2.24, 2.45) is 5.92 Å². The molecule has 3 heterocycles. The van der Waals surface area contributed by atoms with E-state index in [2.05, 4.69) is 11.8 Å². The molecule has 2 aromatic rings. The second kappa shape index (κ2) is 5.42. The summed E-state index contributed by atoms with van der Waals surface area (Å²) >= 11 is 0. The minimum Gasteiger partial charge on any atom is -0.391 e. The zero-order chi connectivity index (χ0) is 16.1. The highest BCUT2D eigenvalue weighted by atomic mass is 19.1. The van der Waals surface area contributed by atoms with Gasteiger partial charge in [-0.1, -0.05) is 6.92 Å². The molecule has 0 amide bonds. The van der Waals surface area contributed by atoms with Crippen LogP contribution in [0.3, 0.4) is 0 Å². The van der Waals surface area contributed by atoms with Gasteiger partial charge in [-0.05, 0) is 35.9 Å². The van der Waals surface area contributed by atoms with Gasteiger partial charge in [0, 0.05) is 43.7 Å². The molecule has 5 heteroatoms. The van der Waals surface area contributed by atoms with Crippen molar-refractivity contribution in [2.45, 2.75) is 31.9 Å². The summed E-state index contributed by atoms with van der Waals surface area (Å²) in [5.41, 5.74) is 1.34. The maximum atomic E-state index is 14.4. The number of pyridine rings is 1. The van der Waals surface area contributed by atoms with Crippen LogP contribution in [0.4, 0.5) is 4.39 Å². The molecule has 3 atom stereocenters. The highest BCUT2D eigenvalue weighted by Crippen LogP contribution is 2.36. The highest BCUT2D eigenvalue weighted by molar-refractivity contribution is 5.84. The second-order valence-electron chi connectivity index (χ2n) is 6.83. The van der Waals surface area contributed by atoms with Crippen LogP contribution < -0.4 is 5.56 Å². The molecular formula is C18H21FN2O2. The van der Waals surface area contributed by atoms with Crippen LogP contribution in [0.25, 0.3) is 10.9 Å². The smallest absolute Gasteiger partial charge is 0.251 e. The van der Waals surface area contributed by atoms with E-state index >= 15 is 0 Å². The van der Waals surface area contributed by atoms with Gasteiger partial charge in [0.15, 0.2) is 0 Å². The number of nitrogens with zero attached hydrogens (tertiary/aromatic N) is 2. The topological polar surface area (TPSA) is 45.5 Å². The van der Waals surface area contributed by atoms with E-state index in [0.717, 1.165) is 23.9 Å². The minimum absolute atomic E-state index is 0.0309. The monoisotopic (exact) mass is 316 g/mol. The lowest BCUT2D eigenvalue weighted by molar-refractivity contribution is 0.139. The molecule has 1 aromatic heterocycles. The Labute approximate surface area is 134 Å². The molecule has 0 radical (unpaired) electrons. The van der Waals surface area contributed by atoms with Crippen LogP contribution >= 0.6 is 0 Å². The van der Waals surface area contributed by atoms with Crippen molar-refractivity contribution in [3.8, 4) is 0 Å². The predicted molar refractivity (Wildman–Crippen MR) is 87.1 cm³/mol. The lowest BCUT2D eigenvalue weighted by Crippen LogP contribution is -2.29. The molecule has 2 aliphatic heterocycles. The Morgan fingerprint density at radius 1 is 1.22 bits per heavy atom. The molecule has 122 valence electrons. The quantitative estimate of drug-likeness (QED) is 0.941. The number of aliphatic hydroxyl groups excluding tert-OH is 1. The normalized spacial score (nSPS) is 27.2. The molecular weight excluding hydrogens is 295 g/mol. The average molecular weight is 316 g/mol. The molecule has 0 aliphatic carbocycles. The van der Waals surface area contributed by atoms with Crippen molar-refractivity contribution >= 4 is 10.9 Å². The van der Waals surface area contributed by atoms with Gasteiger partial charge in [0.05, 0.1) is 11.6 Å². The number of hydrogen-bond acceptors (Lipinski definition) is 3. The van der Waals surface area contributed by atoms with Crippen molar-refractivity contribution in [3.05, 3.63) is 46.0 Å².